The topological polar surface area (TPSA) is 59.3 Å². The fraction of sp³-hybridized carbons (Fsp3) is 0.480. The van der Waals surface area contributed by atoms with Gasteiger partial charge >= 0.3 is 6.03 Å². The monoisotopic (exact) mass is 436 g/mol. The van der Waals surface area contributed by atoms with E-state index in [1.807, 2.05) is 4.90 Å². The molecule has 172 valence electrons. The first-order valence-corrected chi connectivity index (χ1v) is 11.8. The van der Waals surface area contributed by atoms with Crippen LogP contribution in [0, 0.1) is 0 Å². The Balaban J connectivity index is 1.16. The van der Waals surface area contributed by atoms with Crippen molar-refractivity contribution in [2.45, 2.75) is 0 Å². The van der Waals surface area contributed by atoms with Crippen LogP contribution < -0.4 is 15.5 Å². The van der Waals surface area contributed by atoms with Crippen molar-refractivity contribution in [1.29, 1.82) is 0 Å². The molecule has 7 heteroatoms. The summed E-state index contributed by atoms with van der Waals surface area (Å²) in [6.45, 7) is 11.3. The number of piperazine rings is 2. The highest BCUT2D eigenvalue weighted by Crippen LogP contribution is 2.16. The second-order valence-electron chi connectivity index (χ2n) is 8.65. The minimum atomic E-state index is -0.309. The molecule has 7 nitrogen and oxygen atoms in total. The first-order chi connectivity index (χ1) is 15.7. The quantitative estimate of drug-likeness (QED) is 0.686. The Kier molecular flexibility index (Phi) is 7.85. The predicted molar refractivity (Wildman–Crippen MR) is 131 cm³/mol. The molecular formula is C25H36N6O. The van der Waals surface area contributed by atoms with Crippen molar-refractivity contribution in [3.8, 4) is 0 Å². The van der Waals surface area contributed by atoms with E-state index in [-0.39, 0.29) is 6.03 Å². The van der Waals surface area contributed by atoms with Gasteiger partial charge in [-0.05, 0) is 24.3 Å². The summed E-state index contributed by atoms with van der Waals surface area (Å²) in [5.41, 5.74) is 8.28. The third-order valence-electron chi connectivity index (χ3n) is 6.67. The molecule has 0 aliphatic carbocycles. The summed E-state index contributed by atoms with van der Waals surface area (Å²) >= 11 is 0. The van der Waals surface area contributed by atoms with E-state index < -0.39 is 0 Å². The van der Waals surface area contributed by atoms with Crippen molar-refractivity contribution in [1.82, 2.24) is 14.7 Å². The second-order valence-corrected chi connectivity index (χ2v) is 8.65. The van der Waals surface area contributed by atoms with Gasteiger partial charge in [-0.3, -0.25) is 9.80 Å². The molecule has 2 amide bonds. The molecule has 2 heterocycles. The normalized spacial score (nSPS) is 18.0. The number of carbonyl (C=O) groups excluding carboxylic acids is 1. The number of para-hydroxylation sites is 2. The molecule has 2 aliphatic rings. The van der Waals surface area contributed by atoms with Gasteiger partial charge in [0.25, 0.3) is 0 Å². The number of primary amides is 1. The van der Waals surface area contributed by atoms with Crippen LogP contribution in [-0.2, 0) is 0 Å². The Labute approximate surface area is 192 Å². The number of benzene rings is 2. The van der Waals surface area contributed by atoms with E-state index in [4.69, 9.17) is 5.73 Å². The van der Waals surface area contributed by atoms with Crippen molar-refractivity contribution in [3.05, 3.63) is 60.7 Å². The molecule has 0 radical (unpaired) electrons. The van der Waals surface area contributed by atoms with Crippen LogP contribution in [0.2, 0.25) is 0 Å². The third-order valence-corrected chi connectivity index (χ3v) is 6.67. The molecule has 2 saturated heterocycles. The van der Waals surface area contributed by atoms with Crippen LogP contribution >= 0.6 is 0 Å². The van der Waals surface area contributed by atoms with Gasteiger partial charge in [-0.25, -0.2) is 4.79 Å². The molecule has 0 saturated carbocycles. The molecule has 0 spiro atoms. The SMILES string of the molecule is NC(=O)N(CCN1CCN(c2ccccc2)CC1)CCN1CCN(c2ccccc2)CC1. The lowest BCUT2D eigenvalue weighted by Crippen LogP contribution is -2.52. The van der Waals surface area contributed by atoms with Gasteiger partial charge in [-0.2, -0.15) is 0 Å². The lowest BCUT2D eigenvalue weighted by molar-refractivity contribution is 0.170. The Bertz CT molecular complexity index is 753. The van der Waals surface area contributed by atoms with E-state index in [0.29, 0.717) is 13.1 Å². The Morgan fingerprint density at radius 1 is 0.656 bits per heavy atom. The summed E-state index contributed by atoms with van der Waals surface area (Å²) in [4.78, 5) is 23.6. The number of carbonyl (C=O) groups is 1. The van der Waals surface area contributed by atoms with Crippen LogP contribution in [0.4, 0.5) is 16.2 Å². The Morgan fingerprint density at radius 2 is 1.03 bits per heavy atom. The Hall–Kier alpha value is -2.77. The van der Waals surface area contributed by atoms with Crippen molar-refractivity contribution >= 4 is 17.4 Å². The van der Waals surface area contributed by atoms with Crippen LogP contribution in [0.3, 0.4) is 0 Å². The minimum absolute atomic E-state index is 0.309. The van der Waals surface area contributed by atoms with Crippen molar-refractivity contribution in [2.75, 3.05) is 88.3 Å². The van der Waals surface area contributed by atoms with Crippen molar-refractivity contribution in [2.24, 2.45) is 5.73 Å². The highest BCUT2D eigenvalue weighted by atomic mass is 16.2. The molecule has 0 bridgehead atoms. The summed E-state index contributed by atoms with van der Waals surface area (Å²) in [5.74, 6) is 0. The molecule has 0 unspecified atom stereocenters. The molecule has 2 aliphatic heterocycles. The van der Waals surface area contributed by atoms with Gasteiger partial charge < -0.3 is 20.4 Å². The summed E-state index contributed by atoms with van der Waals surface area (Å²) in [5, 5.41) is 0. The average molecular weight is 437 g/mol. The summed E-state index contributed by atoms with van der Waals surface area (Å²) in [6, 6.07) is 20.9. The standard InChI is InChI=1S/C25H36N6O/c26-25(32)31(21-15-27-11-17-29(18-12-27)23-7-3-1-4-8-23)22-16-28-13-19-30(20-14-28)24-9-5-2-6-10-24/h1-10H,11-22H2,(H2,26,32). The number of hydrogen-bond donors (Lipinski definition) is 1. The van der Waals surface area contributed by atoms with Crippen molar-refractivity contribution in [3.63, 3.8) is 0 Å². The van der Waals surface area contributed by atoms with Gasteiger partial charge in [0, 0.05) is 89.9 Å². The van der Waals surface area contributed by atoms with E-state index in [1.54, 1.807) is 0 Å². The van der Waals surface area contributed by atoms with E-state index in [2.05, 4.69) is 80.3 Å². The van der Waals surface area contributed by atoms with Crippen LogP contribution in [-0.4, -0.2) is 99.3 Å². The van der Waals surface area contributed by atoms with Gasteiger partial charge in [0.15, 0.2) is 0 Å². The number of anilines is 2. The molecule has 2 aromatic rings. The highest BCUT2D eigenvalue weighted by molar-refractivity contribution is 5.72. The predicted octanol–water partition coefficient (Wildman–Crippen LogP) is 2.01. The van der Waals surface area contributed by atoms with E-state index >= 15 is 0 Å². The lowest BCUT2D eigenvalue weighted by Gasteiger charge is -2.38. The molecule has 2 fully saturated rings. The molecule has 0 aromatic heterocycles. The van der Waals surface area contributed by atoms with Crippen LogP contribution in [0.5, 0.6) is 0 Å². The van der Waals surface area contributed by atoms with Gasteiger partial charge in [-0.15, -0.1) is 0 Å². The molecule has 2 N–H and O–H groups in total. The van der Waals surface area contributed by atoms with Gasteiger partial charge in [0.1, 0.15) is 0 Å². The van der Waals surface area contributed by atoms with Crippen LogP contribution in [0.1, 0.15) is 0 Å². The molecular weight excluding hydrogens is 400 g/mol. The number of urea groups is 1. The van der Waals surface area contributed by atoms with Gasteiger partial charge in [0.05, 0.1) is 0 Å². The fourth-order valence-electron chi connectivity index (χ4n) is 4.59. The van der Waals surface area contributed by atoms with E-state index in [0.717, 1.165) is 65.4 Å². The smallest absolute Gasteiger partial charge is 0.314 e. The first-order valence-electron chi connectivity index (χ1n) is 11.8. The summed E-state index contributed by atoms with van der Waals surface area (Å²) in [6.07, 6.45) is 0. The number of hydrogen-bond acceptors (Lipinski definition) is 5. The van der Waals surface area contributed by atoms with Crippen LogP contribution in [0.15, 0.2) is 60.7 Å². The number of rotatable bonds is 8. The first kappa shape index (κ1) is 22.4. The molecule has 4 rings (SSSR count). The maximum Gasteiger partial charge on any atom is 0.314 e. The number of amides is 2. The second kappa shape index (κ2) is 11.2. The van der Waals surface area contributed by atoms with Gasteiger partial charge in [0.2, 0.25) is 0 Å². The molecule has 0 atom stereocenters. The highest BCUT2D eigenvalue weighted by Gasteiger charge is 2.21. The average Bonchev–Trinajstić information content (AvgIpc) is 2.85. The maximum absolute atomic E-state index is 12.0. The molecule has 2 aromatic carbocycles. The van der Waals surface area contributed by atoms with Gasteiger partial charge in [-0.1, -0.05) is 36.4 Å². The summed E-state index contributed by atoms with van der Waals surface area (Å²) < 4.78 is 0. The molecule has 32 heavy (non-hydrogen) atoms. The zero-order valence-electron chi connectivity index (χ0n) is 19.0. The Morgan fingerprint density at radius 3 is 1.38 bits per heavy atom. The van der Waals surface area contributed by atoms with Crippen molar-refractivity contribution < 1.29 is 4.79 Å². The number of nitrogens with two attached hydrogens (primary N) is 1. The summed E-state index contributed by atoms with van der Waals surface area (Å²) in [7, 11) is 0. The van der Waals surface area contributed by atoms with E-state index in [9.17, 15) is 4.79 Å². The zero-order chi connectivity index (χ0) is 22.2. The largest absolute Gasteiger partial charge is 0.369 e. The van der Waals surface area contributed by atoms with Crippen LogP contribution in [0.25, 0.3) is 0 Å². The zero-order valence-corrected chi connectivity index (χ0v) is 19.0. The minimum Gasteiger partial charge on any atom is -0.369 e. The fourth-order valence-corrected chi connectivity index (χ4v) is 4.59. The van der Waals surface area contributed by atoms with E-state index in [1.165, 1.54) is 11.4 Å². The third kappa shape index (κ3) is 6.14. The lowest BCUT2D eigenvalue weighted by atomic mass is 10.2. The number of nitrogens with zero attached hydrogens (tertiary/aromatic N) is 5. The maximum atomic E-state index is 12.0.